The van der Waals surface area contributed by atoms with Crippen molar-refractivity contribution in [1.29, 1.82) is 0 Å². The fourth-order valence-corrected chi connectivity index (χ4v) is 5.91. The first-order valence-electron chi connectivity index (χ1n) is 6.34. The summed E-state index contributed by atoms with van der Waals surface area (Å²) in [6, 6.07) is 2.53. The fourth-order valence-electron chi connectivity index (χ4n) is 2.32. The number of nitrogens with two attached hydrogens (primary N) is 1. The summed E-state index contributed by atoms with van der Waals surface area (Å²) in [4.78, 5) is 0.635. The minimum atomic E-state index is -3.73. The van der Waals surface area contributed by atoms with Crippen molar-refractivity contribution in [3.05, 3.63) is 17.0 Å². The van der Waals surface area contributed by atoms with Gasteiger partial charge in [0.15, 0.2) is 0 Å². The number of thiophene rings is 1. The zero-order valence-corrected chi connectivity index (χ0v) is 13.5. The van der Waals surface area contributed by atoms with Crippen molar-refractivity contribution >= 4 is 31.4 Å². The average molecular weight is 338 g/mol. The van der Waals surface area contributed by atoms with Crippen LogP contribution in [0.5, 0.6) is 0 Å². The lowest BCUT2D eigenvalue weighted by atomic mass is 10.3. The Balaban J connectivity index is 2.12. The molecule has 1 saturated carbocycles. The van der Waals surface area contributed by atoms with E-state index in [1.807, 2.05) is 0 Å². The summed E-state index contributed by atoms with van der Waals surface area (Å²) in [6.07, 6.45) is 3.26. The maximum Gasteiger partial charge on any atom is 0.247 e. The summed E-state index contributed by atoms with van der Waals surface area (Å²) in [5.41, 5.74) is 0. The van der Waals surface area contributed by atoms with Crippen molar-refractivity contribution in [2.24, 2.45) is 5.14 Å². The molecule has 9 heteroatoms. The second-order valence-electron chi connectivity index (χ2n) is 4.99. The molecule has 0 radical (unpaired) electrons. The molecule has 1 aromatic heterocycles. The minimum absolute atomic E-state index is 0.0411. The SMILES string of the molecule is CC(NS(=O)(=O)C1CCCC1)c1ccc(S(N)(=O)=O)s1. The Kier molecular flexibility index (Phi) is 4.55. The van der Waals surface area contributed by atoms with E-state index in [9.17, 15) is 16.8 Å². The van der Waals surface area contributed by atoms with E-state index < -0.39 is 26.1 Å². The predicted molar refractivity (Wildman–Crippen MR) is 78.4 cm³/mol. The van der Waals surface area contributed by atoms with Gasteiger partial charge in [-0.05, 0) is 31.9 Å². The molecule has 1 aromatic rings. The van der Waals surface area contributed by atoms with E-state index >= 15 is 0 Å². The van der Waals surface area contributed by atoms with Crippen LogP contribution in [0.2, 0.25) is 0 Å². The van der Waals surface area contributed by atoms with E-state index in [0.29, 0.717) is 17.7 Å². The van der Waals surface area contributed by atoms with E-state index in [0.717, 1.165) is 24.2 Å². The molecule has 1 aliphatic carbocycles. The standard InChI is InChI=1S/C11H18N2O4S3/c1-8(10-6-7-11(18-10)19(12,14)15)13-20(16,17)9-4-2-3-5-9/h6-9,13H,2-5H2,1H3,(H2,12,14,15). The molecule has 1 unspecified atom stereocenters. The second kappa shape index (κ2) is 5.72. The molecule has 3 N–H and O–H groups in total. The second-order valence-corrected chi connectivity index (χ2v) is 9.89. The summed E-state index contributed by atoms with van der Waals surface area (Å²) in [6.45, 7) is 1.70. The van der Waals surface area contributed by atoms with Gasteiger partial charge in [-0.2, -0.15) is 0 Å². The fraction of sp³-hybridized carbons (Fsp3) is 0.636. The van der Waals surface area contributed by atoms with Crippen LogP contribution >= 0.6 is 11.3 Å². The van der Waals surface area contributed by atoms with Gasteiger partial charge in [-0.15, -0.1) is 11.3 Å². The first-order chi connectivity index (χ1) is 9.20. The third kappa shape index (κ3) is 3.59. The first-order valence-corrected chi connectivity index (χ1v) is 10.2. The molecule has 114 valence electrons. The smallest absolute Gasteiger partial charge is 0.224 e. The molecule has 0 amide bonds. The summed E-state index contributed by atoms with van der Waals surface area (Å²) < 4.78 is 49.4. The van der Waals surface area contributed by atoms with Gasteiger partial charge in [0.25, 0.3) is 0 Å². The highest BCUT2D eigenvalue weighted by Crippen LogP contribution is 2.29. The highest BCUT2D eigenvalue weighted by Gasteiger charge is 2.30. The lowest BCUT2D eigenvalue weighted by molar-refractivity contribution is 0.552. The van der Waals surface area contributed by atoms with E-state index in [-0.39, 0.29) is 9.46 Å². The largest absolute Gasteiger partial charge is 0.247 e. The third-order valence-corrected chi connectivity index (χ3v) is 8.13. The third-order valence-electron chi connectivity index (χ3n) is 3.39. The van der Waals surface area contributed by atoms with Gasteiger partial charge in [-0.1, -0.05) is 12.8 Å². The number of rotatable bonds is 5. The monoisotopic (exact) mass is 338 g/mol. The lowest BCUT2D eigenvalue weighted by Gasteiger charge is -2.16. The minimum Gasteiger partial charge on any atom is -0.224 e. The molecular formula is C11H18N2O4S3. The van der Waals surface area contributed by atoms with Crippen molar-refractivity contribution in [2.75, 3.05) is 0 Å². The summed E-state index contributed by atoms with van der Waals surface area (Å²) in [7, 11) is -7.09. The van der Waals surface area contributed by atoms with Crippen LogP contribution in [0, 0.1) is 0 Å². The van der Waals surface area contributed by atoms with E-state index in [1.54, 1.807) is 13.0 Å². The van der Waals surface area contributed by atoms with Crippen LogP contribution in [0.1, 0.15) is 43.5 Å². The predicted octanol–water partition coefficient (Wildman–Crippen LogP) is 1.32. The van der Waals surface area contributed by atoms with E-state index in [2.05, 4.69) is 4.72 Å². The van der Waals surface area contributed by atoms with Crippen molar-refractivity contribution < 1.29 is 16.8 Å². The van der Waals surface area contributed by atoms with Gasteiger partial charge in [0.2, 0.25) is 20.0 Å². The normalized spacial score (nSPS) is 19.3. The first kappa shape index (κ1) is 15.9. The average Bonchev–Trinajstić information content (AvgIpc) is 3.00. The molecule has 0 spiro atoms. The Bertz CT molecular complexity index is 672. The molecule has 0 bridgehead atoms. The van der Waals surface area contributed by atoms with E-state index in [1.165, 1.54) is 6.07 Å². The van der Waals surface area contributed by atoms with Crippen LogP contribution in [-0.4, -0.2) is 22.1 Å². The maximum absolute atomic E-state index is 12.2. The molecule has 0 saturated heterocycles. The Labute approximate surface area is 123 Å². The molecule has 0 aliphatic heterocycles. The van der Waals surface area contributed by atoms with Crippen LogP contribution in [0.4, 0.5) is 0 Å². The number of hydrogen-bond acceptors (Lipinski definition) is 5. The lowest BCUT2D eigenvalue weighted by Crippen LogP contribution is -2.34. The molecule has 1 aliphatic rings. The van der Waals surface area contributed by atoms with Crippen LogP contribution in [0.3, 0.4) is 0 Å². The summed E-state index contributed by atoms with van der Waals surface area (Å²) in [5.74, 6) is 0. The zero-order valence-electron chi connectivity index (χ0n) is 11.1. The topological polar surface area (TPSA) is 106 Å². The van der Waals surface area contributed by atoms with Gasteiger partial charge in [0.1, 0.15) is 4.21 Å². The zero-order chi connectivity index (χ0) is 15.0. The molecule has 1 atom stereocenters. The summed E-state index contributed by atoms with van der Waals surface area (Å²) in [5, 5.41) is 4.71. The molecule has 6 nitrogen and oxygen atoms in total. The Hall–Kier alpha value is -0.480. The van der Waals surface area contributed by atoms with Crippen LogP contribution in [-0.2, 0) is 20.0 Å². The Morgan fingerprint density at radius 2 is 1.85 bits per heavy atom. The van der Waals surface area contributed by atoms with Gasteiger partial charge in [0, 0.05) is 4.88 Å². The van der Waals surface area contributed by atoms with Crippen molar-refractivity contribution in [3.8, 4) is 0 Å². The van der Waals surface area contributed by atoms with Crippen LogP contribution in [0.15, 0.2) is 16.3 Å². The number of nitrogens with one attached hydrogen (secondary N) is 1. The molecule has 1 heterocycles. The quantitative estimate of drug-likeness (QED) is 0.844. The van der Waals surface area contributed by atoms with Gasteiger partial charge in [-0.3, -0.25) is 0 Å². The number of primary sulfonamides is 1. The van der Waals surface area contributed by atoms with Crippen molar-refractivity contribution in [1.82, 2.24) is 4.72 Å². The van der Waals surface area contributed by atoms with Crippen LogP contribution in [0.25, 0.3) is 0 Å². The van der Waals surface area contributed by atoms with Gasteiger partial charge in [-0.25, -0.2) is 26.7 Å². The van der Waals surface area contributed by atoms with Crippen molar-refractivity contribution in [2.45, 2.75) is 48.1 Å². The molecule has 0 aromatic carbocycles. The molecular weight excluding hydrogens is 320 g/mol. The summed E-state index contributed by atoms with van der Waals surface area (Å²) >= 11 is 0.991. The number of sulfonamides is 2. The van der Waals surface area contributed by atoms with Crippen LogP contribution < -0.4 is 9.86 Å². The van der Waals surface area contributed by atoms with Gasteiger partial charge in [0.05, 0.1) is 11.3 Å². The molecule has 1 fully saturated rings. The number of hydrogen-bond donors (Lipinski definition) is 2. The van der Waals surface area contributed by atoms with Gasteiger partial charge < -0.3 is 0 Å². The highest BCUT2D eigenvalue weighted by molar-refractivity contribution is 7.91. The maximum atomic E-state index is 12.2. The Morgan fingerprint density at radius 1 is 1.25 bits per heavy atom. The van der Waals surface area contributed by atoms with E-state index in [4.69, 9.17) is 5.14 Å². The Morgan fingerprint density at radius 3 is 2.35 bits per heavy atom. The molecule has 2 rings (SSSR count). The highest BCUT2D eigenvalue weighted by atomic mass is 32.2. The van der Waals surface area contributed by atoms with Gasteiger partial charge >= 0.3 is 0 Å². The van der Waals surface area contributed by atoms with Crippen molar-refractivity contribution in [3.63, 3.8) is 0 Å². The molecule has 20 heavy (non-hydrogen) atoms.